The van der Waals surface area contributed by atoms with Crippen molar-refractivity contribution < 1.29 is 4.79 Å². The second-order valence-electron chi connectivity index (χ2n) is 9.34. The smallest absolute Gasteiger partial charge is 0.226 e. The minimum atomic E-state index is -0.148. The molecule has 1 aliphatic rings. The summed E-state index contributed by atoms with van der Waals surface area (Å²) < 4.78 is 2.18. The fraction of sp³-hybridized carbons (Fsp3) is 0.241. The van der Waals surface area contributed by atoms with Gasteiger partial charge in [-0.1, -0.05) is 24.3 Å². The molecule has 0 spiro atoms. The molecule has 0 bridgehead atoms. The Labute approximate surface area is 222 Å². The molecule has 7 nitrogen and oxygen atoms in total. The summed E-state index contributed by atoms with van der Waals surface area (Å²) in [6.45, 7) is 6.75. The molecule has 1 saturated heterocycles. The third-order valence-electron chi connectivity index (χ3n) is 6.75. The Morgan fingerprint density at radius 3 is 2.51 bits per heavy atom. The van der Waals surface area contributed by atoms with E-state index in [1.165, 1.54) is 0 Å². The first kappa shape index (κ1) is 24.6. The first-order valence-electron chi connectivity index (χ1n) is 12.4. The molecule has 0 aliphatic carbocycles. The average molecular weight is 511 g/mol. The molecule has 188 valence electrons. The standard InChI is InChI=1S/C29H30N6OS/c1-19-12-15-31-25(17-19)35-20(2)18-23(21(35)3)28-27(24-11-7-8-14-30-24)33-29(37)34(28)16-13-26(36)32-22-9-5-4-6-10-22/h4-12,14-15,17-18,27-28H,13,16H2,1-3H3,(H,32,36)(H,33,37)/t27-,28+/m0/s1. The van der Waals surface area contributed by atoms with E-state index in [0.717, 1.165) is 39.7 Å². The SMILES string of the molecule is Cc1ccnc(-n2c(C)cc([C@@H]3[C@H](c4ccccn4)NC(=S)N3CCC(=O)Nc3ccccc3)c2C)c1. The van der Waals surface area contributed by atoms with Gasteiger partial charge in [0.25, 0.3) is 0 Å². The highest BCUT2D eigenvalue weighted by atomic mass is 32.1. The molecule has 0 saturated carbocycles. The lowest BCUT2D eigenvalue weighted by Gasteiger charge is -2.28. The van der Waals surface area contributed by atoms with Gasteiger partial charge in [0.15, 0.2) is 5.11 Å². The number of aromatic nitrogens is 3. The van der Waals surface area contributed by atoms with E-state index in [-0.39, 0.29) is 18.0 Å². The van der Waals surface area contributed by atoms with Crippen molar-refractivity contribution >= 4 is 28.9 Å². The molecule has 1 aliphatic heterocycles. The summed E-state index contributed by atoms with van der Waals surface area (Å²) in [4.78, 5) is 24.2. The quantitative estimate of drug-likeness (QED) is 0.333. The molecule has 1 amide bonds. The fourth-order valence-corrected chi connectivity index (χ4v) is 5.37. The van der Waals surface area contributed by atoms with Gasteiger partial charge in [0.1, 0.15) is 5.82 Å². The highest BCUT2D eigenvalue weighted by molar-refractivity contribution is 7.80. The van der Waals surface area contributed by atoms with E-state index >= 15 is 0 Å². The molecular formula is C29H30N6OS. The second kappa shape index (κ2) is 10.5. The number of pyridine rings is 2. The monoisotopic (exact) mass is 510 g/mol. The number of carbonyl (C=O) groups excluding carboxylic acids is 1. The lowest BCUT2D eigenvalue weighted by atomic mass is 9.96. The van der Waals surface area contributed by atoms with Crippen LogP contribution in [0.25, 0.3) is 5.82 Å². The van der Waals surface area contributed by atoms with Crippen molar-refractivity contribution in [2.24, 2.45) is 0 Å². The third-order valence-corrected chi connectivity index (χ3v) is 7.11. The van der Waals surface area contributed by atoms with Crippen molar-refractivity contribution in [1.82, 2.24) is 24.8 Å². The largest absolute Gasteiger partial charge is 0.352 e. The summed E-state index contributed by atoms with van der Waals surface area (Å²) >= 11 is 5.81. The number of rotatable bonds is 7. The van der Waals surface area contributed by atoms with Gasteiger partial charge >= 0.3 is 0 Å². The highest BCUT2D eigenvalue weighted by Gasteiger charge is 2.41. The van der Waals surface area contributed by atoms with Crippen molar-refractivity contribution in [1.29, 1.82) is 0 Å². The summed E-state index contributed by atoms with van der Waals surface area (Å²) in [6, 6.07) is 21.4. The van der Waals surface area contributed by atoms with E-state index in [1.807, 2.05) is 60.8 Å². The predicted molar refractivity (Wildman–Crippen MR) is 150 cm³/mol. The van der Waals surface area contributed by atoms with Gasteiger partial charge in [0.05, 0.1) is 17.8 Å². The van der Waals surface area contributed by atoms with E-state index in [9.17, 15) is 4.79 Å². The zero-order valence-electron chi connectivity index (χ0n) is 21.2. The van der Waals surface area contributed by atoms with Crippen LogP contribution < -0.4 is 10.6 Å². The Morgan fingerprint density at radius 2 is 1.78 bits per heavy atom. The molecule has 2 atom stereocenters. The number of nitrogens with one attached hydrogen (secondary N) is 2. The predicted octanol–water partition coefficient (Wildman–Crippen LogP) is 5.19. The Bertz CT molecular complexity index is 1420. The van der Waals surface area contributed by atoms with Crippen LogP contribution in [0.2, 0.25) is 0 Å². The highest BCUT2D eigenvalue weighted by Crippen LogP contribution is 2.41. The maximum absolute atomic E-state index is 12.8. The first-order chi connectivity index (χ1) is 17.9. The summed E-state index contributed by atoms with van der Waals surface area (Å²) in [6.07, 6.45) is 3.94. The molecule has 1 fully saturated rings. The summed E-state index contributed by atoms with van der Waals surface area (Å²) in [5.74, 6) is 0.835. The third kappa shape index (κ3) is 5.11. The lowest BCUT2D eigenvalue weighted by Crippen LogP contribution is -2.32. The van der Waals surface area contributed by atoms with Crippen LogP contribution in [0.4, 0.5) is 5.69 Å². The maximum atomic E-state index is 12.8. The van der Waals surface area contributed by atoms with Crippen LogP contribution in [-0.4, -0.2) is 37.0 Å². The molecule has 8 heteroatoms. The van der Waals surface area contributed by atoms with Crippen LogP contribution in [0.5, 0.6) is 0 Å². The Kier molecular flexibility index (Phi) is 7.01. The summed E-state index contributed by atoms with van der Waals surface area (Å²) in [7, 11) is 0. The van der Waals surface area contributed by atoms with Crippen LogP contribution in [0.15, 0.2) is 79.1 Å². The minimum Gasteiger partial charge on any atom is -0.352 e. The van der Waals surface area contributed by atoms with Gasteiger partial charge in [0, 0.05) is 42.4 Å². The number of aryl methyl sites for hydroxylation is 2. The number of para-hydroxylation sites is 1. The average Bonchev–Trinajstić information content (AvgIpc) is 3.38. The summed E-state index contributed by atoms with van der Waals surface area (Å²) in [5, 5.41) is 7.08. The van der Waals surface area contributed by atoms with Gasteiger partial charge < -0.3 is 20.1 Å². The van der Waals surface area contributed by atoms with Gasteiger partial charge in [-0.15, -0.1) is 0 Å². The lowest BCUT2D eigenvalue weighted by molar-refractivity contribution is -0.116. The van der Waals surface area contributed by atoms with Crippen molar-refractivity contribution in [3.8, 4) is 5.82 Å². The van der Waals surface area contributed by atoms with Crippen LogP contribution in [-0.2, 0) is 4.79 Å². The van der Waals surface area contributed by atoms with E-state index in [4.69, 9.17) is 12.2 Å². The van der Waals surface area contributed by atoms with E-state index in [0.29, 0.717) is 18.1 Å². The van der Waals surface area contributed by atoms with Crippen molar-refractivity contribution in [3.05, 3.63) is 107 Å². The van der Waals surface area contributed by atoms with Crippen LogP contribution >= 0.6 is 12.2 Å². The molecule has 2 N–H and O–H groups in total. The van der Waals surface area contributed by atoms with E-state index < -0.39 is 0 Å². The number of benzene rings is 1. The molecule has 1 aromatic carbocycles. The van der Waals surface area contributed by atoms with Gasteiger partial charge in [-0.05, 0) is 86.6 Å². The molecule has 0 radical (unpaired) electrons. The molecule has 4 heterocycles. The summed E-state index contributed by atoms with van der Waals surface area (Å²) in [5.41, 5.74) is 6.15. The number of carbonyl (C=O) groups is 1. The number of amides is 1. The topological polar surface area (TPSA) is 75.1 Å². The second-order valence-corrected chi connectivity index (χ2v) is 9.72. The van der Waals surface area contributed by atoms with E-state index in [2.05, 4.69) is 63.0 Å². The fourth-order valence-electron chi connectivity index (χ4n) is 5.03. The van der Waals surface area contributed by atoms with Crippen molar-refractivity contribution in [3.63, 3.8) is 0 Å². The first-order valence-corrected chi connectivity index (χ1v) is 12.8. The number of anilines is 1. The Balaban J connectivity index is 1.48. The molecular weight excluding hydrogens is 480 g/mol. The van der Waals surface area contributed by atoms with Crippen LogP contribution in [0, 0.1) is 20.8 Å². The maximum Gasteiger partial charge on any atom is 0.226 e. The molecule has 3 aromatic heterocycles. The number of hydrogen-bond acceptors (Lipinski definition) is 4. The Morgan fingerprint density at radius 1 is 1.00 bits per heavy atom. The van der Waals surface area contributed by atoms with Gasteiger partial charge in [-0.2, -0.15) is 0 Å². The number of hydrogen-bond donors (Lipinski definition) is 2. The zero-order chi connectivity index (χ0) is 25.9. The van der Waals surface area contributed by atoms with E-state index in [1.54, 1.807) is 6.20 Å². The normalized spacial score (nSPS) is 17.1. The molecule has 37 heavy (non-hydrogen) atoms. The molecule has 4 aromatic rings. The molecule has 0 unspecified atom stereocenters. The van der Waals surface area contributed by atoms with Gasteiger partial charge in [0.2, 0.25) is 5.91 Å². The number of thiocarbonyl (C=S) groups is 1. The van der Waals surface area contributed by atoms with Gasteiger partial charge in [-0.3, -0.25) is 9.78 Å². The minimum absolute atomic E-state index is 0.0523. The van der Waals surface area contributed by atoms with Crippen molar-refractivity contribution in [2.75, 3.05) is 11.9 Å². The van der Waals surface area contributed by atoms with Crippen molar-refractivity contribution in [2.45, 2.75) is 39.3 Å². The number of nitrogens with zero attached hydrogens (tertiary/aromatic N) is 4. The molecule has 5 rings (SSSR count). The Hall–Kier alpha value is -4.04. The zero-order valence-corrected chi connectivity index (χ0v) is 22.0. The van der Waals surface area contributed by atoms with Crippen LogP contribution in [0.3, 0.4) is 0 Å². The van der Waals surface area contributed by atoms with Gasteiger partial charge in [-0.25, -0.2) is 4.98 Å². The van der Waals surface area contributed by atoms with Crippen LogP contribution in [0.1, 0.15) is 46.7 Å².